The average molecular weight is 296 g/mol. The third-order valence-corrected chi connectivity index (χ3v) is 3.14. The van der Waals surface area contributed by atoms with Gasteiger partial charge in [0.1, 0.15) is 0 Å². The molecule has 5 nitrogen and oxygen atoms in total. The van der Waals surface area contributed by atoms with E-state index in [1.165, 1.54) is 0 Å². The molecule has 2 rings (SSSR count). The molecule has 0 bridgehead atoms. The first-order valence-corrected chi connectivity index (χ1v) is 6.25. The molecule has 0 aliphatic heterocycles. The van der Waals surface area contributed by atoms with Crippen molar-refractivity contribution in [2.45, 2.75) is 26.3 Å². The topological polar surface area (TPSA) is 69.6 Å². The Balaban J connectivity index is 2.49. The fourth-order valence-electron chi connectivity index (χ4n) is 1.59. The van der Waals surface area contributed by atoms with Crippen LogP contribution >= 0.6 is 15.9 Å². The van der Waals surface area contributed by atoms with Crippen LogP contribution in [0.15, 0.2) is 22.7 Å². The number of benzene rings is 1. The van der Waals surface area contributed by atoms with Crippen molar-refractivity contribution in [2.75, 3.05) is 5.73 Å². The van der Waals surface area contributed by atoms with Crippen molar-refractivity contribution >= 4 is 21.6 Å². The van der Waals surface area contributed by atoms with Crippen molar-refractivity contribution in [3.63, 3.8) is 0 Å². The Labute approximate surface area is 108 Å². The second-order valence-electron chi connectivity index (χ2n) is 3.98. The molecule has 0 aliphatic carbocycles. The number of tetrazole rings is 1. The zero-order valence-corrected chi connectivity index (χ0v) is 11.3. The number of nitrogen functional groups attached to an aromatic ring is 1. The lowest BCUT2D eigenvalue weighted by Crippen LogP contribution is -2.08. The van der Waals surface area contributed by atoms with Crippen LogP contribution < -0.4 is 5.73 Å². The molecule has 1 aromatic heterocycles. The maximum atomic E-state index is 5.82. The van der Waals surface area contributed by atoms with E-state index in [1.807, 2.05) is 22.9 Å². The standard InChI is InChI=1S/C11H14BrN5/c1-3-7(2)17-11(14-15-16-17)8-4-9(12)6-10(13)5-8/h4-7H,3,13H2,1-2H3. The summed E-state index contributed by atoms with van der Waals surface area (Å²) < 4.78 is 2.74. The van der Waals surface area contributed by atoms with Gasteiger partial charge in [-0.25, -0.2) is 4.68 Å². The first-order chi connectivity index (χ1) is 8.11. The van der Waals surface area contributed by atoms with Crippen molar-refractivity contribution < 1.29 is 0 Å². The molecule has 90 valence electrons. The number of nitrogens with two attached hydrogens (primary N) is 1. The minimum absolute atomic E-state index is 0.264. The van der Waals surface area contributed by atoms with E-state index in [4.69, 9.17) is 5.73 Å². The molecular weight excluding hydrogens is 282 g/mol. The molecule has 0 amide bonds. The van der Waals surface area contributed by atoms with Crippen molar-refractivity contribution in [3.8, 4) is 11.4 Å². The van der Waals surface area contributed by atoms with Gasteiger partial charge in [-0.1, -0.05) is 22.9 Å². The molecule has 2 N–H and O–H groups in total. The van der Waals surface area contributed by atoms with Crippen LogP contribution in [0.25, 0.3) is 11.4 Å². The lowest BCUT2D eigenvalue weighted by Gasteiger charge is -2.11. The van der Waals surface area contributed by atoms with Crippen LogP contribution in [0.2, 0.25) is 0 Å². The van der Waals surface area contributed by atoms with E-state index < -0.39 is 0 Å². The Morgan fingerprint density at radius 1 is 1.41 bits per heavy atom. The molecule has 6 heteroatoms. The van der Waals surface area contributed by atoms with Crippen LogP contribution in [-0.4, -0.2) is 20.2 Å². The summed E-state index contributed by atoms with van der Waals surface area (Å²) in [4.78, 5) is 0. The molecule has 0 aliphatic rings. The van der Waals surface area contributed by atoms with Crippen molar-refractivity contribution in [3.05, 3.63) is 22.7 Å². The van der Waals surface area contributed by atoms with Gasteiger partial charge in [-0.05, 0) is 42.0 Å². The van der Waals surface area contributed by atoms with Crippen molar-refractivity contribution in [1.82, 2.24) is 20.2 Å². The highest BCUT2D eigenvalue weighted by Gasteiger charge is 2.13. The molecule has 1 heterocycles. The normalized spacial score (nSPS) is 12.6. The zero-order chi connectivity index (χ0) is 12.4. The van der Waals surface area contributed by atoms with E-state index in [0.717, 1.165) is 22.3 Å². The number of hydrogen-bond donors (Lipinski definition) is 1. The second kappa shape index (κ2) is 4.83. The lowest BCUT2D eigenvalue weighted by molar-refractivity contribution is 0.469. The van der Waals surface area contributed by atoms with Crippen molar-refractivity contribution in [1.29, 1.82) is 0 Å². The van der Waals surface area contributed by atoms with E-state index >= 15 is 0 Å². The molecule has 2 aromatic rings. The summed E-state index contributed by atoms with van der Waals surface area (Å²) in [5, 5.41) is 11.8. The number of nitrogens with zero attached hydrogens (tertiary/aromatic N) is 4. The van der Waals surface area contributed by atoms with E-state index in [-0.39, 0.29) is 6.04 Å². The predicted molar refractivity (Wildman–Crippen MR) is 70.4 cm³/mol. The molecule has 1 atom stereocenters. The van der Waals surface area contributed by atoms with Gasteiger partial charge in [-0.3, -0.25) is 0 Å². The summed E-state index contributed by atoms with van der Waals surface area (Å²) in [5.74, 6) is 0.743. The van der Waals surface area contributed by atoms with E-state index in [1.54, 1.807) is 0 Å². The number of rotatable bonds is 3. The van der Waals surface area contributed by atoms with Crippen LogP contribution in [-0.2, 0) is 0 Å². The summed E-state index contributed by atoms with van der Waals surface area (Å²) in [7, 11) is 0. The maximum absolute atomic E-state index is 5.82. The van der Waals surface area contributed by atoms with Gasteiger partial charge in [0.15, 0.2) is 5.82 Å². The SMILES string of the molecule is CCC(C)n1nnnc1-c1cc(N)cc(Br)c1. The highest BCUT2D eigenvalue weighted by atomic mass is 79.9. The molecule has 1 unspecified atom stereocenters. The Hall–Kier alpha value is -1.43. The Morgan fingerprint density at radius 3 is 2.82 bits per heavy atom. The highest BCUT2D eigenvalue weighted by molar-refractivity contribution is 9.10. The monoisotopic (exact) mass is 295 g/mol. The molecular formula is C11H14BrN5. The molecule has 0 saturated carbocycles. The summed E-state index contributed by atoms with van der Waals surface area (Å²) in [6.07, 6.45) is 0.974. The van der Waals surface area contributed by atoms with Gasteiger partial charge in [0.25, 0.3) is 0 Å². The van der Waals surface area contributed by atoms with Gasteiger partial charge >= 0.3 is 0 Å². The van der Waals surface area contributed by atoms with Gasteiger partial charge < -0.3 is 5.73 Å². The maximum Gasteiger partial charge on any atom is 0.182 e. The Morgan fingerprint density at radius 2 is 2.18 bits per heavy atom. The highest BCUT2D eigenvalue weighted by Crippen LogP contribution is 2.26. The quantitative estimate of drug-likeness (QED) is 0.884. The van der Waals surface area contributed by atoms with E-state index in [2.05, 4.69) is 45.3 Å². The summed E-state index contributed by atoms with van der Waals surface area (Å²) in [6, 6.07) is 5.94. The van der Waals surface area contributed by atoms with E-state index in [0.29, 0.717) is 5.69 Å². The third kappa shape index (κ3) is 2.46. The third-order valence-electron chi connectivity index (χ3n) is 2.68. The molecule has 0 fully saturated rings. The fourth-order valence-corrected chi connectivity index (χ4v) is 2.11. The summed E-state index contributed by atoms with van der Waals surface area (Å²) in [5.41, 5.74) is 7.42. The predicted octanol–water partition coefficient (Wildman–Crippen LogP) is 2.66. The minimum Gasteiger partial charge on any atom is -0.399 e. The number of anilines is 1. The van der Waals surface area contributed by atoms with Gasteiger partial charge in [0.2, 0.25) is 0 Å². The summed E-state index contributed by atoms with van der Waals surface area (Å²) in [6.45, 7) is 4.19. The first kappa shape index (κ1) is 12.0. The number of halogens is 1. The zero-order valence-electron chi connectivity index (χ0n) is 9.76. The Kier molecular flexibility index (Phi) is 3.42. The number of hydrogen-bond acceptors (Lipinski definition) is 4. The largest absolute Gasteiger partial charge is 0.399 e. The van der Waals surface area contributed by atoms with Gasteiger partial charge in [-0.15, -0.1) is 5.10 Å². The molecule has 0 radical (unpaired) electrons. The molecule has 17 heavy (non-hydrogen) atoms. The van der Waals surface area contributed by atoms with E-state index in [9.17, 15) is 0 Å². The van der Waals surface area contributed by atoms with Crippen LogP contribution in [0.3, 0.4) is 0 Å². The molecule has 0 saturated heterocycles. The second-order valence-corrected chi connectivity index (χ2v) is 4.89. The Bertz CT molecular complexity index is 502. The van der Waals surface area contributed by atoms with Crippen LogP contribution in [0, 0.1) is 0 Å². The van der Waals surface area contributed by atoms with Crippen LogP contribution in [0.1, 0.15) is 26.3 Å². The fraction of sp³-hybridized carbons (Fsp3) is 0.364. The average Bonchev–Trinajstić information content (AvgIpc) is 2.75. The van der Waals surface area contributed by atoms with Crippen molar-refractivity contribution in [2.24, 2.45) is 0 Å². The van der Waals surface area contributed by atoms with Gasteiger partial charge in [-0.2, -0.15) is 0 Å². The molecule has 0 spiro atoms. The smallest absolute Gasteiger partial charge is 0.182 e. The molecule has 1 aromatic carbocycles. The lowest BCUT2D eigenvalue weighted by atomic mass is 10.2. The first-order valence-electron chi connectivity index (χ1n) is 5.46. The minimum atomic E-state index is 0.264. The summed E-state index contributed by atoms with van der Waals surface area (Å²) >= 11 is 3.42. The van der Waals surface area contributed by atoms with Gasteiger partial charge in [0.05, 0.1) is 6.04 Å². The van der Waals surface area contributed by atoms with Crippen LogP contribution in [0.4, 0.5) is 5.69 Å². The van der Waals surface area contributed by atoms with Gasteiger partial charge in [0, 0.05) is 15.7 Å². The van der Waals surface area contributed by atoms with Crippen LogP contribution in [0.5, 0.6) is 0 Å². The number of aromatic nitrogens is 4.